The molecule has 0 aliphatic carbocycles. The van der Waals surface area contributed by atoms with Gasteiger partial charge in [-0.3, -0.25) is 4.79 Å². The van der Waals surface area contributed by atoms with Crippen LogP contribution >= 0.6 is 11.6 Å². The standard InChI is InChI=1S/C20H24ClF3N4O4/c1-20(23,24)7-2-8-30-19-28-27-18(32-19)16-6-3-12(10-25-16)26-17(29)11-31-13-4-5-14(21)15(22)9-13/h4-5,9,12,16,25H,2-3,6-8,10-11H2,1H3,(H,26,29)/t12-,16+/m0/s1. The molecule has 176 valence electrons. The van der Waals surface area contributed by atoms with E-state index < -0.39 is 11.7 Å². The lowest BCUT2D eigenvalue weighted by Gasteiger charge is -2.28. The van der Waals surface area contributed by atoms with Crippen molar-refractivity contribution >= 4 is 17.5 Å². The summed E-state index contributed by atoms with van der Waals surface area (Å²) in [6, 6.07) is 3.61. The summed E-state index contributed by atoms with van der Waals surface area (Å²) in [6.45, 7) is 1.13. The van der Waals surface area contributed by atoms with Gasteiger partial charge < -0.3 is 24.5 Å². The molecule has 3 rings (SSSR count). The van der Waals surface area contributed by atoms with Crippen molar-refractivity contribution in [3.8, 4) is 11.8 Å². The van der Waals surface area contributed by atoms with Crippen LogP contribution in [-0.2, 0) is 4.79 Å². The molecule has 2 heterocycles. The maximum absolute atomic E-state index is 13.4. The van der Waals surface area contributed by atoms with E-state index in [0.717, 1.165) is 13.0 Å². The van der Waals surface area contributed by atoms with Gasteiger partial charge in [0, 0.05) is 25.1 Å². The predicted octanol–water partition coefficient (Wildman–Crippen LogP) is 3.66. The van der Waals surface area contributed by atoms with Gasteiger partial charge in [0.05, 0.1) is 17.7 Å². The number of amides is 1. The highest BCUT2D eigenvalue weighted by molar-refractivity contribution is 6.30. The van der Waals surface area contributed by atoms with Crippen molar-refractivity contribution in [3.63, 3.8) is 0 Å². The average Bonchev–Trinajstić information content (AvgIpc) is 3.21. The predicted molar refractivity (Wildman–Crippen MR) is 108 cm³/mol. The minimum Gasteiger partial charge on any atom is -0.484 e. The molecule has 2 N–H and O–H groups in total. The number of ether oxygens (including phenoxy) is 2. The van der Waals surface area contributed by atoms with E-state index in [1.807, 2.05) is 0 Å². The van der Waals surface area contributed by atoms with E-state index in [9.17, 15) is 18.0 Å². The molecule has 32 heavy (non-hydrogen) atoms. The lowest BCUT2D eigenvalue weighted by molar-refractivity contribution is -0.124. The van der Waals surface area contributed by atoms with Crippen molar-refractivity contribution in [2.45, 2.75) is 50.6 Å². The number of aromatic nitrogens is 2. The van der Waals surface area contributed by atoms with Crippen molar-refractivity contribution in [1.82, 2.24) is 20.8 Å². The number of alkyl halides is 2. The summed E-state index contributed by atoms with van der Waals surface area (Å²) in [5, 5.41) is 13.7. The molecule has 12 heteroatoms. The third-order valence-corrected chi connectivity index (χ3v) is 5.05. The molecule has 0 saturated carbocycles. The Hall–Kier alpha value is -2.53. The number of nitrogens with one attached hydrogen (secondary N) is 2. The summed E-state index contributed by atoms with van der Waals surface area (Å²) in [6.07, 6.45) is 1.10. The van der Waals surface area contributed by atoms with Crippen molar-refractivity contribution in [2.75, 3.05) is 19.8 Å². The van der Waals surface area contributed by atoms with Gasteiger partial charge >= 0.3 is 6.08 Å². The lowest BCUT2D eigenvalue weighted by Crippen LogP contribution is -2.48. The van der Waals surface area contributed by atoms with Crippen LogP contribution in [0.4, 0.5) is 13.2 Å². The molecule has 0 spiro atoms. The van der Waals surface area contributed by atoms with Gasteiger partial charge in [0.15, 0.2) is 6.61 Å². The van der Waals surface area contributed by atoms with Gasteiger partial charge in [-0.15, -0.1) is 5.10 Å². The summed E-state index contributed by atoms with van der Waals surface area (Å²) in [5.41, 5.74) is 0. The Morgan fingerprint density at radius 3 is 2.84 bits per heavy atom. The number of carbonyl (C=O) groups is 1. The summed E-state index contributed by atoms with van der Waals surface area (Å²) in [7, 11) is 0. The highest BCUT2D eigenvalue weighted by atomic mass is 35.5. The molecule has 0 bridgehead atoms. The van der Waals surface area contributed by atoms with Crippen LogP contribution in [0.5, 0.6) is 11.8 Å². The van der Waals surface area contributed by atoms with E-state index in [2.05, 4.69) is 20.8 Å². The summed E-state index contributed by atoms with van der Waals surface area (Å²) < 4.78 is 54.9. The van der Waals surface area contributed by atoms with Crippen LogP contribution in [0.25, 0.3) is 0 Å². The topological polar surface area (TPSA) is 98.5 Å². The number of carbonyl (C=O) groups excluding carboxylic acids is 1. The van der Waals surface area contributed by atoms with Crippen LogP contribution in [0.1, 0.15) is 44.5 Å². The fourth-order valence-electron chi connectivity index (χ4n) is 3.14. The van der Waals surface area contributed by atoms with E-state index in [4.69, 9.17) is 25.5 Å². The second kappa shape index (κ2) is 10.9. The largest absolute Gasteiger partial charge is 0.484 e. The van der Waals surface area contributed by atoms with Gasteiger partial charge in [-0.1, -0.05) is 16.7 Å². The quantitative estimate of drug-likeness (QED) is 0.505. The van der Waals surface area contributed by atoms with Crippen molar-refractivity contribution in [3.05, 3.63) is 34.9 Å². The number of hydrogen-bond acceptors (Lipinski definition) is 7. The van der Waals surface area contributed by atoms with Crippen molar-refractivity contribution in [1.29, 1.82) is 0 Å². The number of nitrogens with zero attached hydrogens (tertiary/aromatic N) is 2. The van der Waals surface area contributed by atoms with Crippen molar-refractivity contribution < 1.29 is 31.9 Å². The Morgan fingerprint density at radius 1 is 1.34 bits per heavy atom. The number of piperidine rings is 1. The fraction of sp³-hybridized carbons (Fsp3) is 0.550. The van der Waals surface area contributed by atoms with Gasteiger partial charge in [0.25, 0.3) is 5.91 Å². The van der Waals surface area contributed by atoms with Gasteiger partial charge in [0.2, 0.25) is 11.8 Å². The normalized spacial score (nSPS) is 18.9. The fourth-order valence-corrected chi connectivity index (χ4v) is 3.25. The Morgan fingerprint density at radius 2 is 2.16 bits per heavy atom. The van der Waals surface area contributed by atoms with Crippen LogP contribution in [0.3, 0.4) is 0 Å². The summed E-state index contributed by atoms with van der Waals surface area (Å²) in [5.74, 6) is -3.15. The van der Waals surface area contributed by atoms with Gasteiger partial charge in [-0.05, 0) is 38.3 Å². The molecule has 1 aromatic carbocycles. The van der Waals surface area contributed by atoms with Gasteiger partial charge in [0.1, 0.15) is 11.6 Å². The lowest BCUT2D eigenvalue weighted by atomic mass is 10.0. The first kappa shape index (κ1) is 24.1. The monoisotopic (exact) mass is 476 g/mol. The Labute approximate surface area is 187 Å². The number of rotatable bonds is 10. The van der Waals surface area contributed by atoms with E-state index >= 15 is 0 Å². The van der Waals surface area contributed by atoms with Crippen LogP contribution in [0.15, 0.2) is 22.6 Å². The zero-order valence-corrected chi connectivity index (χ0v) is 18.1. The SMILES string of the molecule is CC(F)(F)CCCOc1nnc([C@H]2CC[C@H](NC(=O)COc3ccc(Cl)c(F)c3)CN2)o1. The molecule has 1 saturated heterocycles. The third-order valence-electron chi connectivity index (χ3n) is 4.75. The molecule has 1 fully saturated rings. The minimum absolute atomic E-state index is 0.0225. The van der Waals surface area contributed by atoms with Crippen LogP contribution in [0.2, 0.25) is 5.02 Å². The van der Waals surface area contributed by atoms with E-state index in [1.165, 1.54) is 12.1 Å². The second-order valence-electron chi connectivity index (χ2n) is 7.60. The molecule has 1 aliphatic heterocycles. The summed E-state index contributed by atoms with van der Waals surface area (Å²) in [4.78, 5) is 12.1. The molecule has 1 aliphatic rings. The third kappa shape index (κ3) is 7.56. The van der Waals surface area contributed by atoms with E-state index in [1.54, 1.807) is 0 Å². The first-order valence-electron chi connectivity index (χ1n) is 10.1. The molecule has 8 nitrogen and oxygen atoms in total. The second-order valence-corrected chi connectivity index (χ2v) is 8.00. The molecule has 1 aromatic heterocycles. The highest BCUT2D eigenvalue weighted by Gasteiger charge is 2.27. The van der Waals surface area contributed by atoms with Crippen LogP contribution in [0, 0.1) is 5.82 Å². The average molecular weight is 477 g/mol. The maximum atomic E-state index is 13.4. The first-order valence-corrected chi connectivity index (χ1v) is 10.5. The van der Waals surface area contributed by atoms with Crippen LogP contribution < -0.4 is 20.1 Å². The minimum atomic E-state index is -2.73. The Balaban J connectivity index is 1.36. The molecule has 2 atom stereocenters. The molecule has 2 aromatic rings. The van der Waals surface area contributed by atoms with E-state index in [0.29, 0.717) is 25.3 Å². The highest BCUT2D eigenvalue weighted by Crippen LogP contribution is 2.25. The van der Waals surface area contributed by atoms with E-state index in [-0.39, 0.29) is 60.9 Å². The molecule has 0 radical (unpaired) electrons. The smallest absolute Gasteiger partial charge is 0.414 e. The maximum Gasteiger partial charge on any atom is 0.414 e. The van der Waals surface area contributed by atoms with Gasteiger partial charge in [-0.25, -0.2) is 13.2 Å². The zero-order chi connectivity index (χ0) is 23.1. The Bertz CT molecular complexity index is 901. The van der Waals surface area contributed by atoms with Crippen LogP contribution in [-0.4, -0.2) is 47.8 Å². The zero-order valence-electron chi connectivity index (χ0n) is 17.4. The number of hydrogen-bond donors (Lipinski definition) is 2. The Kier molecular flexibility index (Phi) is 8.19. The molecular weight excluding hydrogens is 453 g/mol. The first-order chi connectivity index (χ1) is 15.2. The van der Waals surface area contributed by atoms with Gasteiger partial charge in [-0.2, -0.15) is 0 Å². The molecule has 0 unspecified atom stereocenters. The number of benzene rings is 1. The molecule has 1 amide bonds. The number of halogens is 4. The van der Waals surface area contributed by atoms with Crippen molar-refractivity contribution in [2.24, 2.45) is 0 Å². The summed E-state index contributed by atoms with van der Waals surface area (Å²) >= 11 is 5.61. The molecular formula is C20H24ClF3N4O4.